The van der Waals surface area contributed by atoms with Gasteiger partial charge in [0.15, 0.2) is 0 Å². The summed E-state index contributed by atoms with van der Waals surface area (Å²) in [5, 5.41) is 2.34. The molecule has 0 bridgehead atoms. The van der Waals surface area contributed by atoms with Crippen molar-refractivity contribution in [2.45, 2.75) is 18.9 Å². The standard InChI is InChI=1S/C22H24N4O/c1-26(11-10-15-13-24-20-8-4-2-6-17(15)20)22(27)19(23)12-16-14-25-21-9-5-3-7-18(16)21/h2-9,13-14,19,24-25H,10-12,23H2,1H3. The summed E-state index contributed by atoms with van der Waals surface area (Å²) in [6, 6.07) is 15.7. The summed E-state index contributed by atoms with van der Waals surface area (Å²) in [5.41, 5.74) is 10.7. The van der Waals surface area contributed by atoms with Gasteiger partial charge in [0, 0.05) is 47.8 Å². The van der Waals surface area contributed by atoms with Crippen LogP contribution < -0.4 is 5.73 Å². The molecule has 1 unspecified atom stereocenters. The predicted molar refractivity (Wildman–Crippen MR) is 110 cm³/mol. The van der Waals surface area contributed by atoms with E-state index in [0.29, 0.717) is 13.0 Å². The third kappa shape index (κ3) is 3.46. The summed E-state index contributed by atoms with van der Waals surface area (Å²) in [5.74, 6) is -0.0277. The first-order valence-electron chi connectivity index (χ1n) is 9.24. The summed E-state index contributed by atoms with van der Waals surface area (Å²) in [6.45, 7) is 0.641. The molecule has 1 atom stereocenters. The lowest BCUT2D eigenvalue weighted by molar-refractivity contribution is -0.131. The van der Waals surface area contributed by atoms with E-state index in [1.165, 1.54) is 10.9 Å². The van der Waals surface area contributed by atoms with Crippen LogP contribution in [0.15, 0.2) is 60.9 Å². The van der Waals surface area contributed by atoms with Crippen molar-refractivity contribution in [2.75, 3.05) is 13.6 Å². The van der Waals surface area contributed by atoms with Crippen molar-refractivity contribution in [1.82, 2.24) is 14.9 Å². The molecule has 138 valence electrons. The number of nitrogens with one attached hydrogen (secondary N) is 2. The highest BCUT2D eigenvalue weighted by atomic mass is 16.2. The van der Waals surface area contributed by atoms with Crippen LogP contribution in [0.2, 0.25) is 0 Å². The molecule has 5 heteroatoms. The number of para-hydroxylation sites is 2. The highest BCUT2D eigenvalue weighted by molar-refractivity contribution is 5.86. The Morgan fingerprint density at radius 2 is 1.52 bits per heavy atom. The van der Waals surface area contributed by atoms with Gasteiger partial charge in [-0.15, -0.1) is 0 Å². The van der Waals surface area contributed by atoms with Gasteiger partial charge < -0.3 is 20.6 Å². The van der Waals surface area contributed by atoms with Crippen LogP contribution in [0.3, 0.4) is 0 Å². The molecule has 1 amide bonds. The van der Waals surface area contributed by atoms with Crippen molar-refractivity contribution >= 4 is 27.7 Å². The van der Waals surface area contributed by atoms with Gasteiger partial charge >= 0.3 is 0 Å². The van der Waals surface area contributed by atoms with Gasteiger partial charge in [0.05, 0.1) is 6.04 Å². The molecule has 27 heavy (non-hydrogen) atoms. The molecule has 2 aromatic carbocycles. The number of benzene rings is 2. The number of hydrogen-bond acceptors (Lipinski definition) is 2. The fourth-order valence-corrected chi connectivity index (χ4v) is 3.64. The first-order valence-corrected chi connectivity index (χ1v) is 9.24. The fraction of sp³-hybridized carbons (Fsp3) is 0.227. The molecule has 0 saturated carbocycles. The first-order chi connectivity index (χ1) is 13.1. The molecule has 4 aromatic rings. The second-order valence-corrected chi connectivity index (χ2v) is 7.04. The molecule has 0 radical (unpaired) electrons. The van der Waals surface area contributed by atoms with Gasteiger partial charge in [-0.25, -0.2) is 0 Å². The van der Waals surface area contributed by atoms with E-state index in [0.717, 1.165) is 28.4 Å². The SMILES string of the molecule is CN(CCc1c[nH]c2ccccc12)C(=O)C(N)Cc1c[nH]c2ccccc12. The molecule has 4 rings (SSSR count). The number of rotatable bonds is 6. The third-order valence-electron chi connectivity index (χ3n) is 5.20. The molecule has 2 heterocycles. The Morgan fingerprint density at radius 3 is 2.19 bits per heavy atom. The number of fused-ring (bicyclic) bond motifs is 2. The molecular weight excluding hydrogens is 336 g/mol. The number of carbonyl (C=O) groups excluding carboxylic acids is 1. The lowest BCUT2D eigenvalue weighted by Crippen LogP contribution is -2.43. The predicted octanol–water partition coefficient (Wildman–Crippen LogP) is 3.22. The van der Waals surface area contributed by atoms with Crippen LogP contribution in [0, 0.1) is 0 Å². The minimum atomic E-state index is -0.544. The normalized spacial score (nSPS) is 12.5. The summed E-state index contributed by atoms with van der Waals surface area (Å²) < 4.78 is 0. The molecule has 5 nitrogen and oxygen atoms in total. The minimum absolute atomic E-state index is 0.0277. The van der Waals surface area contributed by atoms with Crippen LogP contribution in [0.1, 0.15) is 11.1 Å². The van der Waals surface area contributed by atoms with Crippen LogP contribution in [0.5, 0.6) is 0 Å². The highest BCUT2D eigenvalue weighted by Crippen LogP contribution is 2.20. The number of nitrogens with two attached hydrogens (primary N) is 1. The second kappa shape index (κ2) is 7.29. The lowest BCUT2D eigenvalue weighted by Gasteiger charge is -2.21. The van der Waals surface area contributed by atoms with Crippen molar-refractivity contribution in [3.8, 4) is 0 Å². The molecule has 0 saturated heterocycles. The number of hydrogen-bond donors (Lipinski definition) is 3. The maximum atomic E-state index is 12.7. The second-order valence-electron chi connectivity index (χ2n) is 7.04. The summed E-state index contributed by atoms with van der Waals surface area (Å²) in [4.78, 5) is 21.0. The zero-order valence-corrected chi connectivity index (χ0v) is 15.4. The van der Waals surface area contributed by atoms with Crippen LogP contribution >= 0.6 is 0 Å². The van der Waals surface area contributed by atoms with E-state index in [1.54, 1.807) is 4.90 Å². The van der Waals surface area contributed by atoms with E-state index in [1.807, 2.05) is 49.8 Å². The number of carbonyl (C=O) groups is 1. The van der Waals surface area contributed by atoms with Gasteiger partial charge in [0.25, 0.3) is 0 Å². The van der Waals surface area contributed by atoms with Gasteiger partial charge in [0.1, 0.15) is 0 Å². The van der Waals surface area contributed by atoms with E-state index in [-0.39, 0.29) is 5.91 Å². The number of aromatic nitrogens is 2. The van der Waals surface area contributed by atoms with Crippen molar-refractivity contribution in [1.29, 1.82) is 0 Å². The number of aromatic amines is 2. The maximum Gasteiger partial charge on any atom is 0.239 e. The zero-order chi connectivity index (χ0) is 18.8. The Morgan fingerprint density at radius 1 is 0.963 bits per heavy atom. The smallest absolute Gasteiger partial charge is 0.239 e. The van der Waals surface area contributed by atoms with Gasteiger partial charge in [-0.2, -0.15) is 0 Å². The summed E-state index contributed by atoms with van der Waals surface area (Å²) >= 11 is 0. The van der Waals surface area contributed by atoms with Gasteiger partial charge in [-0.1, -0.05) is 36.4 Å². The topological polar surface area (TPSA) is 77.9 Å². The lowest BCUT2D eigenvalue weighted by atomic mass is 10.0. The van der Waals surface area contributed by atoms with E-state index in [2.05, 4.69) is 28.2 Å². The van der Waals surface area contributed by atoms with Crippen molar-refractivity contribution in [2.24, 2.45) is 5.73 Å². The largest absolute Gasteiger partial charge is 0.361 e. The first kappa shape index (κ1) is 17.4. The number of H-pyrrole nitrogens is 2. The number of amides is 1. The van der Waals surface area contributed by atoms with Crippen molar-refractivity contribution in [3.05, 3.63) is 72.1 Å². The molecule has 0 aliphatic heterocycles. The third-order valence-corrected chi connectivity index (χ3v) is 5.20. The number of nitrogens with zero attached hydrogens (tertiary/aromatic N) is 1. The molecule has 0 aliphatic carbocycles. The molecule has 2 aromatic heterocycles. The van der Waals surface area contributed by atoms with Crippen molar-refractivity contribution in [3.63, 3.8) is 0 Å². The molecular formula is C22H24N4O. The Hall–Kier alpha value is -3.05. The highest BCUT2D eigenvalue weighted by Gasteiger charge is 2.20. The average molecular weight is 360 g/mol. The van der Waals surface area contributed by atoms with Gasteiger partial charge in [0.2, 0.25) is 5.91 Å². The molecule has 0 aliphatic rings. The molecule has 4 N–H and O–H groups in total. The van der Waals surface area contributed by atoms with Crippen LogP contribution in [-0.4, -0.2) is 40.4 Å². The molecule has 0 spiro atoms. The quantitative estimate of drug-likeness (QED) is 0.494. The summed E-state index contributed by atoms with van der Waals surface area (Å²) in [6.07, 6.45) is 5.30. The zero-order valence-electron chi connectivity index (χ0n) is 15.4. The fourth-order valence-electron chi connectivity index (χ4n) is 3.64. The van der Waals surface area contributed by atoms with Crippen molar-refractivity contribution < 1.29 is 4.79 Å². The van der Waals surface area contributed by atoms with Gasteiger partial charge in [-0.05, 0) is 36.1 Å². The van der Waals surface area contributed by atoms with E-state index in [4.69, 9.17) is 5.73 Å². The van der Waals surface area contributed by atoms with Crippen LogP contribution in [0.25, 0.3) is 21.8 Å². The van der Waals surface area contributed by atoms with Crippen LogP contribution in [-0.2, 0) is 17.6 Å². The maximum absolute atomic E-state index is 12.7. The van der Waals surface area contributed by atoms with E-state index in [9.17, 15) is 4.79 Å². The van der Waals surface area contributed by atoms with Crippen LogP contribution in [0.4, 0.5) is 0 Å². The number of likely N-dealkylation sites (N-methyl/N-ethyl adjacent to an activating group) is 1. The van der Waals surface area contributed by atoms with E-state index >= 15 is 0 Å². The Kier molecular flexibility index (Phi) is 4.69. The van der Waals surface area contributed by atoms with Gasteiger partial charge in [-0.3, -0.25) is 4.79 Å². The Balaban J connectivity index is 1.39. The minimum Gasteiger partial charge on any atom is -0.361 e. The summed E-state index contributed by atoms with van der Waals surface area (Å²) in [7, 11) is 1.83. The molecule has 0 fully saturated rings. The average Bonchev–Trinajstić information content (AvgIpc) is 3.30. The Bertz CT molecular complexity index is 1080. The Labute approximate surface area is 158 Å². The monoisotopic (exact) mass is 360 g/mol. The van der Waals surface area contributed by atoms with E-state index < -0.39 is 6.04 Å².